The van der Waals surface area contributed by atoms with Crippen LogP contribution in [0, 0.1) is 48.5 Å². The lowest BCUT2D eigenvalue weighted by Gasteiger charge is -2.36. The maximum Gasteiger partial charge on any atom is 0.416 e. The third-order valence-corrected chi connectivity index (χ3v) is 20.2. The Bertz CT molecular complexity index is 5840. The van der Waals surface area contributed by atoms with Crippen LogP contribution < -0.4 is 41.9 Å². The Balaban J connectivity index is 0.000000172. The molecule has 3 atom stereocenters. The summed E-state index contributed by atoms with van der Waals surface area (Å²) in [5.74, 6) is 1.79. The molecule has 10 aromatic heterocycles. The van der Waals surface area contributed by atoms with Crippen molar-refractivity contribution in [3.63, 3.8) is 0 Å². The standard InChI is InChI=1S/C26H29F3N8.C18H16ClF3N4.C10H12F3N.C8H5Cl2N3.C8H6ClN3O.C8H14N4.Cl3OP/c1-16-20(6-5-7-23(16)26(27,28)29)17(2)32-25-21-12-24(30-14-22(21)18(3)33-34-25)37-10-8-36(9-11-37)19-13-31-35(4)15-19;1-9-12(5-4-6-15(9)18(20,21)22)10(2)24-17-13-7-16(19)23-8-14(13)11(3)25-26-17;1-6-8(7(2)14)4-3-5-9(6)10(11,12)13;1-4-6-3-11-7(9)2-5(6)8(10)13-12-4;1-4-6-3-10-7(9)2-5(6)8(13)12-11-4;1-11-7-8(6-10-11)12-4-2-9-3-5-12;1-5(2,3)4/h5-7,12-15,17H,8-11H2,1-4H3,(H,32,34);4-8,10H,1-3H3,(H,24,26);3-5,7H,14H2,1-2H3;2-3H,1H3;2-3H,1H3,(H,12,13);6-7,9H,2-5H2,1H3;/t17-;10-;7-;;;;/m111..../s1. The highest BCUT2D eigenvalue weighted by Crippen LogP contribution is 2.61. The molecule has 13 aromatic rings. The second kappa shape index (κ2) is 40.8. The van der Waals surface area contributed by atoms with Crippen molar-refractivity contribution in [3.05, 3.63) is 232 Å². The van der Waals surface area contributed by atoms with Crippen molar-refractivity contribution in [2.75, 3.05) is 77.7 Å². The van der Waals surface area contributed by atoms with E-state index in [1.165, 1.54) is 50.7 Å². The van der Waals surface area contributed by atoms with Crippen molar-refractivity contribution < 1.29 is 44.1 Å². The van der Waals surface area contributed by atoms with Gasteiger partial charge in [-0.25, -0.2) is 25.0 Å². The molecule has 0 radical (unpaired) electrons. The van der Waals surface area contributed by atoms with Crippen LogP contribution in [-0.4, -0.2) is 133 Å². The number of alkyl halides is 9. The van der Waals surface area contributed by atoms with Crippen molar-refractivity contribution in [2.24, 2.45) is 19.8 Å². The van der Waals surface area contributed by atoms with Crippen LogP contribution >= 0.6 is 85.3 Å². The first-order valence-corrected chi connectivity index (χ1v) is 42.6. The number of aryl methyl sites for hydroxylation is 6. The number of nitrogens with one attached hydrogen (secondary N) is 4. The fourth-order valence-corrected chi connectivity index (χ4v) is 13.8. The van der Waals surface area contributed by atoms with Crippen LogP contribution in [0.4, 0.5) is 68.3 Å². The molecule has 0 spiro atoms. The van der Waals surface area contributed by atoms with Gasteiger partial charge in [0.2, 0.25) is 0 Å². The summed E-state index contributed by atoms with van der Waals surface area (Å²) < 4.78 is 130. The predicted octanol–water partition coefficient (Wildman–Crippen LogP) is 20.0. The van der Waals surface area contributed by atoms with Gasteiger partial charge in [-0.15, -0.1) is 15.3 Å². The van der Waals surface area contributed by atoms with E-state index in [1.54, 1.807) is 87.5 Å². The van der Waals surface area contributed by atoms with E-state index in [0.717, 1.165) is 131 Å². The number of nitrogens with two attached hydrogens (primary N) is 1. The van der Waals surface area contributed by atoms with Crippen LogP contribution in [0.25, 0.3) is 43.1 Å². The molecule has 0 saturated carbocycles. The number of benzene rings is 3. The van der Waals surface area contributed by atoms with E-state index in [2.05, 4.69) is 137 Å². The van der Waals surface area contributed by atoms with Crippen LogP contribution in [0.15, 0.2) is 133 Å². The molecule has 15 rings (SSSR count). The average Bonchev–Trinajstić information content (AvgIpc) is 0.868. The SMILES string of the molecule is Cc1c([C@@H](C)N)cccc1C(F)(F)F.Cc1c([C@@H](C)Nc2nnc(C)c3cnc(Cl)cc23)cccc1C(F)(F)F.Cc1c([C@@H](C)Nc2nnc(C)c3cnc(N4CCN(c5cnn(C)c5)CC4)cc23)cccc1C(F)(F)F.Cc1n[nH]c(=O)c2cc(Cl)ncc12.Cc1nnc(Cl)c2cc(Cl)ncc12.Cn1cc(N2CCNCC2)cn1.O=P(Cl)(Cl)Cl. The maximum atomic E-state index is 13.5. The van der Waals surface area contributed by atoms with Crippen molar-refractivity contribution in [2.45, 2.75) is 106 Å². The molecule has 0 bridgehead atoms. The first-order valence-electron chi connectivity index (χ1n) is 36.6. The second-order valence-corrected chi connectivity index (χ2v) is 35.8. The summed E-state index contributed by atoms with van der Waals surface area (Å²) in [5.41, 5.74) is 11.0. The summed E-state index contributed by atoms with van der Waals surface area (Å²) >= 11 is 37.1. The summed E-state index contributed by atoms with van der Waals surface area (Å²) in [4.78, 5) is 34.7. The van der Waals surface area contributed by atoms with Gasteiger partial charge in [0, 0.05) is 147 Å². The number of nitrogens with zero attached hydrogens (tertiary/aromatic N) is 18. The zero-order valence-corrected chi connectivity index (χ0v) is 72.6. The van der Waals surface area contributed by atoms with Crippen LogP contribution in [0.5, 0.6) is 0 Å². The Labute approximate surface area is 718 Å². The molecule has 12 heterocycles. The van der Waals surface area contributed by atoms with Gasteiger partial charge in [0.1, 0.15) is 21.3 Å². The maximum absolute atomic E-state index is 13.5. The third kappa shape index (κ3) is 25.3. The number of pyridine rings is 4. The number of rotatable bonds is 10. The third-order valence-electron chi connectivity index (χ3n) is 19.3. The van der Waals surface area contributed by atoms with E-state index in [9.17, 15) is 48.9 Å². The van der Waals surface area contributed by atoms with Gasteiger partial charge in [-0.2, -0.15) is 70.1 Å². The summed E-state index contributed by atoms with van der Waals surface area (Å²) in [5, 5.41) is 53.1. The van der Waals surface area contributed by atoms with E-state index in [1.807, 2.05) is 64.2 Å². The zero-order chi connectivity index (χ0) is 88.0. The second-order valence-electron chi connectivity index (χ2n) is 27.7. The molecular formula is C78H82Cl7F9N23O2P. The summed E-state index contributed by atoms with van der Waals surface area (Å²) in [6.45, 7) is 24.6. The Morgan fingerprint density at radius 2 is 0.817 bits per heavy atom. The van der Waals surface area contributed by atoms with E-state index < -0.39 is 52.5 Å². The van der Waals surface area contributed by atoms with E-state index in [-0.39, 0.29) is 28.3 Å². The van der Waals surface area contributed by atoms with Crippen molar-refractivity contribution in [1.29, 1.82) is 0 Å². The minimum absolute atomic E-state index is 0.184. The van der Waals surface area contributed by atoms with Gasteiger partial charge in [0.05, 0.1) is 80.7 Å². The lowest BCUT2D eigenvalue weighted by Crippen LogP contribution is -2.46. The number of anilines is 5. The molecule has 120 heavy (non-hydrogen) atoms. The average molecular weight is 1820 g/mol. The monoisotopic (exact) mass is 1820 g/mol. The number of halogens is 16. The molecule has 0 aliphatic carbocycles. The first-order chi connectivity index (χ1) is 56.4. The van der Waals surface area contributed by atoms with E-state index >= 15 is 0 Å². The molecule has 2 aliphatic heterocycles. The molecule has 3 aromatic carbocycles. The number of hydrogen-bond acceptors (Lipinski definition) is 22. The van der Waals surface area contributed by atoms with Gasteiger partial charge in [0.25, 0.3) is 5.56 Å². The normalized spacial score (nSPS) is 13.8. The largest absolute Gasteiger partial charge is 0.416 e. The lowest BCUT2D eigenvalue weighted by molar-refractivity contribution is -0.138. The smallest absolute Gasteiger partial charge is 0.366 e. The topological polar surface area (TPSA) is 299 Å². The van der Waals surface area contributed by atoms with E-state index in [0.29, 0.717) is 65.4 Å². The lowest BCUT2D eigenvalue weighted by atomic mass is 9.97. The van der Waals surface area contributed by atoms with Crippen molar-refractivity contribution in [1.82, 2.24) is 85.6 Å². The fourth-order valence-electron chi connectivity index (χ4n) is 13.1. The molecule has 0 amide bonds. The quantitative estimate of drug-likeness (QED) is 0.0483. The molecule has 42 heteroatoms. The first kappa shape index (κ1) is 94.2. The van der Waals surface area contributed by atoms with Crippen LogP contribution in [0.1, 0.15) is 112 Å². The number of hydrogen-bond donors (Lipinski definition) is 5. The molecule has 2 aliphatic rings. The van der Waals surface area contributed by atoms with Gasteiger partial charge >= 0.3 is 23.7 Å². The van der Waals surface area contributed by atoms with Crippen LogP contribution in [-0.2, 0) is 37.2 Å². The van der Waals surface area contributed by atoms with Gasteiger partial charge in [-0.05, 0) is 179 Å². The highest BCUT2D eigenvalue weighted by atomic mass is 36.0. The van der Waals surface area contributed by atoms with E-state index in [4.69, 9.17) is 57.1 Å². The molecule has 6 N–H and O–H groups in total. The minimum atomic E-state index is -4.40. The van der Waals surface area contributed by atoms with Gasteiger partial charge in [0.15, 0.2) is 16.8 Å². The highest BCUT2D eigenvalue weighted by Gasteiger charge is 2.36. The van der Waals surface area contributed by atoms with Crippen LogP contribution in [0.3, 0.4) is 0 Å². The Morgan fingerprint density at radius 3 is 1.23 bits per heavy atom. The molecule has 638 valence electrons. The summed E-state index contributed by atoms with van der Waals surface area (Å²) in [7, 11) is 3.86. The summed E-state index contributed by atoms with van der Waals surface area (Å²) in [6.07, 6.45) is 1.37. The zero-order valence-electron chi connectivity index (χ0n) is 66.5. The number of aromatic amines is 1. The number of H-pyrrole nitrogens is 1. The highest BCUT2D eigenvalue weighted by molar-refractivity contribution is 8.24. The van der Waals surface area contributed by atoms with Gasteiger partial charge < -0.3 is 36.4 Å². The molecule has 2 fully saturated rings. The Morgan fingerprint density at radius 1 is 0.458 bits per heavy atom. The molecule has 2 saturated heterocycles. The van der Waals surface area contributed by atoms with Crippen LogP contribution in [0.2, 0.25) is 20.6 Å². The fraction of sp³-hybridized carbons (Fsp3) is 0.333. The van der Waals surface area contributed by atoms with Crippen molar-refractivity contribution >= 4 is 157 Å². The molecule has 0 unspecified atom stereocenters. The Hall–Kier alpha value is -9.61. The summed E-state index contributed by atoms with van der Waals surface area (Å²) in [6, 6.07) is 18.1. The van der Waals surface area contributed by atoms with Gasteiger partial charge in [-0.3, -0.25) is 18.7 Å². The minimum Gasteiger partial charge on any atom is -0.366 e. The number of fused-ring (bicyclic) bond motifs is 4. The molecular weight excluding hydrogens is 1740 g/mol. The number of piperazine rings is 2. The number of aromatic nitrogens is 16. The van der Waals surface area contributed by atoms with Crippen molar-refractivity contribution in [3.8, 4) is 0 Å². The Kier molecular flexibility index (Phi) is 32.1. The predicted molar refractivity (Wildman–Crippen MR) is 457 cm³/mol. The van der Waals surface area contributed by atoms with Gasteiger partial charge in [-0.1, -0.05) is 82.8 Å². The molecule has 25 nitrogen and oxygen atoms in total.